The van der Waals surface area contributed by atoms with Gasteiger partial charge in [0.2, 0.25) is 0 Å². The highest BCUT2D eigenvalue weighted by molar-refractivity contribution is 7.86. The molecular formula is C40H28N2O7S. The summed E-state index contributed by atoms with van der Waals surface area (Å²) in [4.78, 5) is -0.460. The van der Waals surface area contributed by atoms with Crippen LogP contribution in [-0.4, -0.2) is 20.1 Å². The number of ether oxygens (including phenoxy) is 4. The van der Waals surface area contributed by atoms with Crippen LogP contribution in [-0.2, 0) is 10.1 Å². The van der Waals surface area contributed by atoms with Crippen molar-refractivity contribution in [3.8, 4) is 74.6 Å². The molecule has 6 aromatic carbocycles. The summed E-state index contributed by atoms with van der Waals surface area (Å²) in [6.45, 7) is 1.86. The Hall–Kier alpha value is -6.59. The van der Waals surface area contributed by atoms with Crippen LogP contribution in [0.1, 0.15) is 16.7 Å². The van der Waals surface area contributed by atoms with Gasteiger partial charge in [0.25, 0.3) is 10.1 Å². The van der Waals surface area contributed by atoms with E-state index in [0.29, 0.717) is 39.7 Å². The van der Waals surface area contributed by atoms with Crippen molar-refractivity contribution < 1.29 is 31.9 Å². The van der Waals surface area contributed by atoms with Crippen LogP contribution in [0.25, 0.3) is 22.3 Å². The molecule has 0 aliphatic rings. The highest BCUT2D eigenvalue weighted by Gasteiger charge is 2.21. The van der Waals surface area contributed by atoms with Crippen molar-refractivity contribution in [1.29, 1.82) is 10.5 Å². The molecule has 0 saturated heterocycles. The number of benzene rings is 6. The predicted molar refractivity (Wildman–Crippen MR) is 187 cm³/mol. The minimum absolute atomic E-state index is 0.0286. The van der Waals surface area contributed by atoms with E-state index in [0.717, 1.165) is 16.7 Å². The molecule has 10 heteroatoms. The lowest BCUT2D eigenvalue weighted by atomic mass is 10.1. The molecule has 50 heavy (non-hydrogen) atoms. The molecule has 0 bridgehead atoms. The monoisotopic (exact) mass is 680 g/mol. The van der Waals surface area contributed by atoms with Gasteiger partial charge < -0.3 is 18.9 Å². The fourth-order valence-corrected chi connectivity index (χ4v) is 5.86. The maximum absolute atomic E-state index is 12.4. The van der Waals surface area contributed by atoms with Gasteiger partial charge in [0, 0.05) is 0 Å². The first-order valence-corrected chi connectivity index (χ1v) is 16.6. The standard InChI is InChI=1S/C40H28N2O7S/c1-26-5-3-6-36(34(26)24-41)47-32-18-11-27(12-19-32)28-13-20-33(21-14-28)48-37-7-4-8-38(35(37)25-42)49-39-22-15-30(23-40(39)50(43,44)45)29-9-16-31(46-2)17-10-29/h3-23H,1-2H3,(H,43,44,45). The smallest absolute Gasteiger partial charge is 0.298 e. The number of nitrogens with zero attached hydrogens (tertiary/aromatic N) is 2. The largest absolute Gasteiger partial charge is 0.497 e. The number of aryl methyl sites for hydroxylation is 1. The molecule has 0 atom stereocenters. The van der Waals surface area contributed by atoms with Gasteiger partial charge in [-0.2, -0.15) is 18.9 Å². The molecule has 0 radical (unpaired) electrons. The minimum atomic E-state index is -4.71. The Balaban J connectivity index is 1.20. The number of hydrogen-bond donors (Lipinski definition) is 1. The van der Waals surface area contributed by atoms with Crippen LogP contribution < -0.4 is 18.9 Å². The van der Waals surface area contributed by atoms with E-state index in [1.54, 1.807) is 67.8 Å². The lowest BCUT2D eigenvalue weighted by Crippen LogP contribution is -2.02. The predicted octanol–water partition coefficient (Wildman–Crippen LogP) is 9.70. The molecule has 0 fully saturated rings. The Labute approximate surface area is 289 Å². The van der Waals surface area contributed by atoms with Crippen LogP contribution in [0.3, 0.4) is 0 Å². The van der Waals surface area contributed by atoms with Crippen molar-refractivity contribution in [3.63, 3.8) is 0 Å². The van der Waals surface area contributed by atoms with E-state index in [4.69, 9.17) is 18.9 Å². The molecular weight excluding hydrogens is 653 g/mol. The van der Waals surface area contributed by atoms with Gasteiger partial charge in [0.15, 0.2) is 0 Å². The van der Waals surface area contributed by atoms with Crippen molar-refractivity contribution in [2.45, 2.75) is 11.8 Å². The van der Waals surface area contributed by atoms with E-state index in [2.05, 4.69) is 12.1 Å². The Bertz CT molecular complexity index is 2380. The summed E-state index contributed by atoms with van der Waals surface area (Å²) in [5, 5.41) is 19.5. The molecule has 0 heterocycles. The first-order valence-electron chi connectivity index (χ1n) is 15.2. The molecule has 0 saturated carbocycles. The van der Waals surface area contributed by atoms with Crippen LogP contribution >= 0.6 is 0 Å². The fraction of sp³-hybridized carbons (Fsp3) is 0.0500. The summed E-state index contributed by atoms with van der Waals surface area (Å²) in [5.74, 6) is 2.25. The van der Waals surface area contributed by atoms with Crippen LogP contribution in [0.4, 0.5) is 0 Å². The summed E-state index contributed by atoms with van der Waals surface area (Å²) < 4.78 is 58.0. The molecule has 0 aromatic heterocycles. The van der Waals surface area contributed by atoms with Crippen molar-refractivity contribution in [1.82, 2.24) is 0 Å². The third kappa shape index (κ3) is 7.28. The summed E-state index contributed by atoms with van der Waals surface area (Å²) in [6.07, 6.45) is 0. The van der Waals surface area contributed by atoms with Gasteiger partial charge in [-0.25, -0.2) is 0 Å². The third-order valence-corrected chi connectivity index (χ3v) is 8.68. The fourth-order valence-electron chi connectivity index (χ4n) is 5.22. The Morgan fingerprint density at radius 3 is 1.48 bits per heavy atom. The van der Waals surface area contributed by atoms with Gasteiger partial charge in [0.05, 0.1) is 12.7 Å². The topological polar surface area (TPSA) is 139 Å². The SMILES string of the molecule is COc1ccc(-c2ccc(Oc3cccc(Oc4ccc(-c5ccc(Oc6cccc(C)c6C#N)cc5)cc4)c3C#N)c(S(=O)(=O)O)c2)cc1. The third-order valence-electron chi connectivity index (χ3n) is 7.81. The normalized spacial score (nSPS) is 10.8. The molecule has 0 spiro atoms. The number of nitriles is 2. The summed E-state index contributed by atoms with van der Waals surface area (Å²) in [5.41, 5.74) is 4.41. The van der Waals surface area contributed by atoms with E-state index >= 15 is 0 Å². The molecule has 9 nitrogen and oxygen atoms in total. The molecule has 0 aliphatic carbocycles. The van der Waals surface area contributed by atoms with Crippen LogP contribution in [0.15, 0.2) is 132 Å². The molecule has 0 amide bonds. The Morgan fingerprint density at radius 1 is 0.540 bits per heavy atom. The highest BCUT2D eigenvalue weighted by atomic mass is 32.2. The highest BCUT2D eigenvalue weighted by Crippen LogP contribution is 2.38. The zero-order valence-corrected chi connectivity index (χ0v) is 27.6. The van der Waals surface area contributed by atoms with E-state index in [-0.39, 0.29) is 22.8 Å². The van der Waals surface area contributed by atoms with E-state index in [9.17, 15) is 23.5 Å². The summed E-state index contributed by atoms with van der Waals surface area (Å²) in [6, 6.07) is 40.5. The molecule has 6 aromatic rings. The van der Waals surface area contributed by atoms with E-state index in [1.807, 2.05) is 55.5 Å². The quantitative estimate of drug-likeness (QED) is 0.140. The van der Waals surface area contributed by atoms with Gasteiger partial charge in [-0.05, 0) is 101 Å². The average molecular weight is 681 g/mol. The summed E-state index contributed by atoms with van der Waals surface area (Å²) >= 11 is 0. The molecule has 6 rings (SSSR count). The number of rotatable bonds is 10. The zero-order chi connectivity index (χ0) is 35.3. The lowest BCUT2D eigenvalue weighted by Gasteiger charge is -2.15. The molecule has 1 N–H and O–H groups in total. The number of methoxy groups -OCH3 is 1. The second kappa shape index (κ2) is 14.3. The average Bonchev–Trinajstić information content (AvgIpc) is 3.12. The van der Waals surface area contributed by atoms with Crippen LogP contribution in [0.5, 0.6) is 40.2 Å². The van der Waals surface area contributed by atoms with Crippen molar-refractivity contribution in [2.24, 2.45) is 0 Å². The van der Waals surface area contributed by atoms with Gasteiger partial charge in [-0.3, -0.25) is 4.55 Å². The number of hydrogen-bond acceptors (Lipinski definition) is 8. The Kier molecular flexibility index (Phi) is 9.50. The molecule has 0 unspecified atom stereocenters. The lowest BCUT2D eigenvalue weighted by molar-refractivity contribution is 0.415. The van der Waals surface area contributed by atoms with Crippen molar-refractivity contribution in [3.05, 3.63) is 144 Å². The first-order chi connectivity index (χ1) is 24.2. The van der Waals surface area contributed by atoms with Gasteiger partial charge >= 0.3 is 0 Å². The first kappa shape index (κ1) is 33.3. The van der Waals surface area contributed by atoms with Crippen molar-refractivity contribution >= 4 is 10.1 Å². The Morgan fingerprint density at radius 2 is 0.980 bits per heavy atom. The second-order valence-electron chi connectivity index (χ2n) is 11.0. The maximum atomic E-state index is 12.4. The maximum Gasteiger partial charge on any atom is 0.298 e. The summed E-state index contributed by atoms with van der Waals surface area (Å²) in [7, 11) is -3.16. The zero-order valence-electron chi connectivity index (χ0n) is 26.8. The van der Waals surface area contributed by atoms with E-state index in [1.165, 1.54) is 18.2 Å². The van der Waals surface area contributed by atoms with Crippen LogP contribution in [0, 0.1) is 29.6 Å². The van der Waals surface area contributed by atoms with Crippen LogP contribution in [0.2, 0.25) is 0 Å². The van der Waals surface area contributed by atoms with Gasteiger partial charge in [0.1, 0.15) is 62.8 Å². The second-order valence-corrected chi connectivity index (χ2v) is 12.4. The van der Waals surface area contributed by atoms with Crippen molar-refractivity contribution in [2.75, 3.05) is 7.11 Å². The minimum Gasteiger partial charge on any atom is -0.497 e. The molecule has 246 valence electrons. The van der Waals surface area contributed by atoms with Gasteiger partial charge in [-0.15, -0.1) is 0 Å². The molecule has 0 aliphatic heterocycles. The van der Waals surface area contributed by atoms with Gasteiger partial charge in [-0.1, -0.05) is 60.7 Å². The van der Waals surface area contributed by atoms with E-state index < -0.39 is 15.0 Å².